The number of carbonyl (C=O) groups excluding carboxylic acids is 1. The van der Waals surface area contributed by atoms with Crippen LogP contribution in [-0.2, 0) is 9.30 Å². The fourth-order valence-corrected chi connectivity index (χ4v) is 1.15. The second-order valence-electron chi connectivity index (χ2n) is 2.95. The van der Waals surface area contributed by atoms with E-state index >= 15 is 0 Å². The van der Waals surface area contributed by atoms with E-state index in [1.807, 2.05) is 20.8 Å². The molecule has 0 atom stereocenters. The maximum atomic E-state index is 10.3. The van der Waals surface area contributed by atoms with E-state index in [1.54, 1.807) is 0 Å². The first-order chi connectivity index (χ1) is 5.42. The molecule has 0 aliphatic rings. The Morgan fingerprint density at radius 3 is 1.54 bits per heavy atom. The van der Waals surface area contributed by atoms with E-state index < -0.39 is 7.82 Å². The second kappa shape index (κ2) is 5.97. The first-order valence-electron chi connectivity index (χ1n) is 3.09. The molecule has 8 heteroatoms. The molecule has 0 rings (SSSR count). The number of ether oxygens (including phenoxy) is 1. The molecule has 0 aliphatic heterocycles. The maximum Gasteiger partial charge on any atom is -0.159 e. The molecule has 74 valence electrons. The Morgan fingerprint density at radius 2 is 1.54 bits per heavy atom. The van der Waals surface area contributed by atoms with Gasteiger partial charge in [-0.3, -0.25) is 0 Å². The average Bonchev–Trinajstić information content (AvgIpc) is 1.47. The summed E-state index contributed by atoms with van der Waals surface area (Å²) < 4.78 is 13.3. The first-order valence-corrected chi connectivity index (χ1v) is 5.98. The zero-order valence-corrected chi connectivity index (χ0v) is 11.1. The van der Waals surface area contributed by atoms with Crippen molar-refractivity contribution in [1.82, 2.24) is 0 Å². The second-order valence-corrected chi connectivity index (χ2v) is 5.01. The minimum atomic E-state index is -5.39. The first kappa shape index (κ1) is 15.8. The van der Waals surface area contributed by atoms with Crippen molar-refractivity contribution >= 4 is 34.3 Å². The van der Waals surface area contributed by atoms with Crippen LogP contribution in [0.25, 0.3) is 0 Å². The van der Waals surface area contributed by atoms with Gasteiger partial charge in [0.1, 0.15) is 0 Å². The Kier molecular flexibility index (Phi) is 7.28. The summed E-state index contributed by atoms with van der Waals surface area (Å²) in [5.41, 5.74) is -0.305. The van der Waals surface area contributed by atoms with E-state index in [2.05, 4.69) is 0 Å². The van der Waals surface area contributed by atoms with Gasteiger partial charge >= 0.3 is 62.4 Å². The van der Waals surface area contributed by atoms with Crippen LogP contribution in [0.4, 0.5) is 4.79 Å². The van der Waals surface area contributed by atoms with Crippen LogP contribution < -0.4 is 14.7 Å². The standard InChI is InChI=1S/C5H9O2.H3O4P.Sn/c1-5(2,3)7-4-6;1-5(2,3)4;/h1-3H3;(H3,1,2,3,4);/q;;+3/p-3. The van der Waals surface area contributed by atoms with E-state index in [9.17, 15) is 4.79 Å². The van der Waals surface area contributed by atoms with Crippen LogP contribution in [-0.4, -0.2) is 32.1 Å². The third-order valence-electron chi connectivity index (χ3n) is 0.399. The fraction of sp³-hybridized carbons (Fsp3) is 0.800. The van der Waals surface area contributed by atoms with Crippen molar-refractivity contribution in [3.63, 3.8) is 0 Å². The summed E-state index contributed by atoms with van der Waals surface area (Å²) in [4.78, 5) is 35.9. The number of carbonyl (C=O) groups is 1. The van der Waals surface area contributed by atoms with E-state index in [0.717, 1.165) is 22.5 Å². The van der Waals surface area contributed by atoms with Crippen LogP contribution in [0, 0.1) is 0 Å². The van der Waals surface area contributed by atoms with Gasteiger partial charge in [-0.25, -0.2) is 0 Å². The molecule has 0 heterocycles. The molecule has 6 nitrogen and oxygen atoms in total. The summed E-state index contributed by atoms with van der Waals surface area (Å²) >= 11 is 0.812. The van der Waals surface area contributed by atoms with Gasteiger partial charge in [0.25, 0.3) is 0 Å². The molecule has 0 unspecified atom stereocenters. The minimum Gasteiger partial charge on any atom is -0.822 e. The number of rotatable bonds is 0. The van der Waals surface area contributed by atoms with Crippen LogP contribution in [0.5, 0.6) is 0 Å². The molecular weight excluding hydrogens is 306 g/mol. The normalized spacial score (nSPS) is 11.4. The van der Waals surface area contributed by atoms with Crippen molar-refractivity contribution in [3.8, 4) is 0 Å². The predicted octanol–water partition coefficient (Wildman–Crippen LogP) is -1.73. The quantitative estimate of drug-likeness (QED) is 0.388. The van der Waals surface area contributed by atoms with Gasteiger partial charge in [0.15, 0.2) is 0 Å². The Morgan fingerprint density at radius 1 is 1.31 bits per heavy atom. The van der Waals surface area contributed by atoms with E-state index in [-0.39, 0.29) is 9.59 Å². The predicted molar refractivity (Wildman–Crippen MR) is 39.6 cm³/mol. The van der Waals surface area contributed by atoms with Gasteiger partial charge in [-0.05, 0) is 0 Å². The van der Waals surface area contributed by atoms with E-state index in [1.165, 1.54) is 0 Å². The molecule has 0 aromatic carbocycles. The molecule has 0 amide bonds. The molecule has 0 aromatic heterocycles. The van der Waals surface area contributed by atoms with Gasteiger partial charge in [0.05, 0.1) is 0 Å². The van der Waals surface area contributed by atoms with Crippen molar-refractivity contribution < 1.29 is 28.8 Å². The topological polar surface area (TPSA) is 113 Å². The van der Waals surface area contributed by atoms with Crippen molar-refractivity contribution in [2.24, 2.45) is 0 Å². The SMILES string of the molecule is CC(C)(C)O[C](=O)[Sn+3].O=P([O-])([O-])[O-]. The molecule has 0 aliphatic carbocycles. The summed E-state index contributed by atoms with van der Waals surface area (Å²) in [6, 6.07) is 0. The third-order valence-corrected chi connectivity index (χ3v) is 0.690. The molecule has 13 heavy (non-hydrogen) atoms. The maximum absolute atomic E-state index is 10.3. The van der Waals surface area contributed by atoms with Gasteiger partial charge in [-0.2, -0.15) is 7.82 Å². The van der Waals surface area contributed by atoms with Crippen LogP contribution >= 0.6 is 7.82 Å². The van der Waals surface area contributed by atoms with E-state index in [0.29, 0.717) is 0 Å². The van der Waals surface area contributed by atoms with E-state index in [4.69, 9.17) is 24.0 Å². The Labute approximate surface area is 89.6 Å². The third kappa shape index (κ3) is 46.1. The van der Waals surface area contributed by atoms with Crippen LogP contribution in [0.2, 0.25) is 0 Å². The average molecular weight is 315 g/mol. The van der Waals surface area contributed by atoms with Gasteiger partial charge in [-0.1, -0.05) is 0 Å². The molecule has 0 bridgehead atoms. The number of phosphoric acid groups is 1. The summed E-state index contributed by atoms with van der Waals surface area (Å²) in [6.07, 6.45) is 0. The zero-order valence-electron chi connectivity index (χ0n) is 7.40. The van der Waals surface area contributed by atoms with Gasteiger partial charge < -0.3 is 19.2 Å². The summed E-state index contributed by atoms with van der Waals surface area (Å²) in [5.74, 6) is 0. The summed E-state index contributed by atoms with van der Waals surface area (Å²) in [5, 5.41) is 0. The van der Waals surface area contributed by atoms with Crippen LogP contribution in [0.3, 0.4) is 0 Å². The molecule has 0 saturated heterocycles. The monoisotopic (exact) mass is 316 g/mol. The molecule has 0 radical (unpaired) electrons. The zero-order chi connectivity index (χ0) is 11.3. The molecule has 0 aromatic rings. The number of hydrogen-bond acceptors (Lipinski definition) is 6. The molecule has 0 fully saturated rings. The number of hydrogen-bond donors (Lipinski definition) is 0. The minimum absolute atomic E-state index is 0.135. The van der Waals surface area contributed by atoms with Crippen molar-refractivity contribution in [2.45, 2.75) is 26.4 Å². The van der Waals surface area contributed by atoms with Crippen molar-refractivity contribution in [3.05, 3.63) is 0 Å². The Balaban J connectivity index is 0. The Bertz CT molecular complexity index is 195. The van der Waals surface area contributed by atoms with Gasteiger partial charge in [-0.15, -0.1) is 0 Å². The largest absolute Gasteiger partial charge is 0.822 e. The fourth-order valence-electron chi connectivity index (χ4n) is 0.278. The summed E-state index contributed by atoms with van der Waals surface area (Å²) in [6.45, 7) is 5.57. The van der Waals surface area contributed by atoms with Gasteiger partial charge in [0, 0.05) is 0 Å². The molecule has 0 spiro atoms. The Hall–Kier alpha value is 0.379. The van der Waals surface area contributed by atoms with Crippen molar-refractivity contribution in [1.29, 1.82) is 0 Å². The smallest absolute Gasteiger partial charge is 0.159 e. The molecule has 0 N–H and O–H groups in total. The molecular formula is C5H9O6PSn. The van der Waals surface area contributed by atoms with Crippen LogP contribution in [0.1, 0.15) is 20.8 Å². The van der Waals surface area contributed by atoms with Crippen LogP contribution in [0.15, 0.2) is 0 Å². The summed E-state index contributed by atoms with van der Waals surface area (Å²) in [7, 11) is -5.39. The van der Waals surface area contributed by atoms with Gasteiger partial charge in [0.2, 0.25) is 0 Å². The molecule has 0 saturated carbocycles. The van der Waals surface area contributed by atoms with Crippen molar-refractivity contribution in [2.75, 3.05) is 0 Å².